The van der Waals surface area contributed by atoms with E-state index in [1.807, 2.05) is 12.1 Å². The van der Waals surface area contributed by atoms with Gasteiger partial charge in [0.1, 0.15) is 0 Å². The Morgan fingerprint density at radius 3 is 2.24 bits per heavy atom. The largest absolute Gasteiger partial charge is 0.412 e. The molecule has 5 nitrogen and oxygen atoms in total. The fourth-order valence-corrected chi connectivity index (χ4v) is 2.59. The Kier molecular flexibility index (Phi) is 11.5. The maximum Gasteiger partial charge on any atom is 0.227 e. The Bertz CT molecular complexity index is 396. The molecule has 0 radical (unpaired) electrons. The van der Waals surface area contributed by atoms with Gasteiger partial charge >= 0.3 is 0 Å². The molecule has 1 aliphatic carbocycles. The molecule has 0 bridgehead atoms. The highest BCUT2D eigenvalue weighted by molar-refractivity contribution is 5.92. The van der Waals surface area contributed by atoms with E-state index < -0.39 is 0 Å². The number of hydrogen-bond acceptors (Lipinski definition) is 3. The number of rotatable bonds is 3. The van der Waals surface area contributed by atoms with E-state index in [9.17, 15) is 4.79 Å². The van der Waals surface area contributed by atoms with Crippen LogP contribution in [0.25, 0.3) is 0 Å². The predicted molar refractivity (Wildman–Crippen MR) is 90.1 cm³/mol. The van der Waals surface area contributed by atoms with Crippen LogP contribution < -0.4 is 11.1 Å². The highest BCUT2D eigenvalue weighted by atomic mass is 35.5. The molecule has 21 heavy (non-hydrogen) atoms. The third kappa shape index (κ3) is 6.61. The number of anilines is 1. The number of halogens is 2. The van der Waals surface area contributed by atoms with Crippen LogP contribution in [0.2, 0.25) is 0 Å². The summed E-state index contributed by atoms with van der Waals surface area (Å²) in [5.41, 5.74) is 6.73. The molecule has 2 rings (SSSR count). The van der Waals surface area contributed by atoms with E-state index in [4.69, 9.17) is 5.73 Å². The van der Waals surface area contributed by atoms with Crippen LogP contribution in [0.15, 0.2) is 24.5 Å². The Labute approximate surface area is 138 Å². The van der Waals surface area contributed by atoms with Crippen molar-refractivity contribution in [2.24, 2.45) is 17.6 Å². The molecule has 1 amide bonds. The van der Waals surface area contributed by atoms with Crippen LogP contribution in [0.3, 0.4) is 0 Å². The molecular formula is C14H25Cl2N3O2. The minimum Gasteiger partial charge on any atom is -0.412 e. The van der Waals surface area contributed by atoms with Gasteiger partial charge in [0.15, 0.2) is 0 Å². The monoisotopic (exact) mass is 337 g/mol. The van der Waals surface area contributed by atoms with Gasteiger partial charge < -0.3 is 16.5 Å². The smallest absolute Gasteiger partial charge is 0.227 e. The Morgan fingerprint density at radius 2 is 1.76 bits per heavy atom. The van der Waals surface area contributed by atoms with Gasteiger partial charge in [-0.05, 0) is 50.7 Å². The number of amides is 1. The molecule has 0 aliphatic heterocycles. The highest BCUT2D eigenvalue weighted by Gasteiger charge is 2.27. The van der Waals surface area contributed by atoms with Gasteiger partial charge in [0.25, 0.3) is 0 Å². The van der Waals surface area contributed by atoms with Gasteiger partial charge in [0, 0.05) is 30.0 Å². The molecule has 0 spiro atoms. The van der Waals surface area contributed by atoms with E-state index in [0.29, 0.717) is 5.92 Å². The minimum absolute atomic E-state index is 0. The molecule has 1 heterocycles. The SMILES string of the molecule is CC(N)C1CCC(C(=O)Nc2ccncc2)CC1.Cl.Cl.O. The first kappa shape index (κ1) is 22.4. The summed E-state index contributed by atoms with van der Waals surface area (Å²) in [5.74, 6) is 0.840. The second kappa shape index (κ2) is 10.8. The van der Waals surface area contributed by atoms with Crippen molar-refractivity contribution in [3.8, 4) is 0 Å². The van der Waals surface area contributed by atoms with Gasteiger partial charge in [-0.25, -0.2) is 0 Å². The van der Waals surface area contributed by atoms with Crippen molar-refractivity contribution in [3.63, 3.8) is 0 Å². The number of carbonyl (C=O) groups is 1. The fraction of sp³-hybridized carbons (Fsp3) is 0.571. The Hall–Kier alpha value is -0.880. The maximum absolute atomic E-state index is 12.1. The van der Waals surface area contributed by atoms with E-state index in [0.717, 1.165) is 31.4 Å². The Balaban J connectivity index is 0. The van der Waals surface area contributed by atoms with Crippen molar-refractivity contribution >= 4 is 36.4 Å². The normalized spacial score (nSPS) is 21.8. The second-order valence-electron chi connectivity index (χ2n) is 5.20. The number of aromatic nitrogens is 1. The molecule has 5 N–H and O–H groups in total. The van der Waals surface area contributed by atoms with Crippen LogP contribution in [0, 0.1) is 11.8 Å². The summed E-state index contributed by atoms with van der Waals surface area (Å²) < 4.78 is 0. The van der Waals surface area contributed by atoms with E-state index in [-0.39, 0.29) is 48.2 Å². The average molecular weight is 338 g/mol. The first-order valence-corrected chi connectivity index (χ1v) is 6.63. The van der Waals surface area contributed by atoms with Crippen LogP contribution >= 0.6 is 24.8 Å². The van der Waals surface area contributed by atoms with Gasteiger partial charge in [-0.3, -0.25) is 9.78 Å². The zero-order chi connectivity index (χ0) is 13.0. The lowest BCUT2D eigenvalue weighted by Crippen LogP contribution is -2.33. The molecular weight excluding hydrogens is 313 g/mol. The number of nitrogens with zero attached hydrogens (tertiary/aromatic N) is 1. The molecule has 1 atom stereocenters. The van der Waals surface area contributed by atoms with Crippen LogP contribution in [-0.2, 0) is 4.79 Å². The van der Waals surface area contributed by atoms with Crippen molar-refractivity contribution in [2.45, 2.75) is 38.6 Å². The van der Waals surface area contributed by atoms with Crippen molar-refractivity contribution in [2.75, 3.05) is 5.32 Å². The van der Waals surface area contributed by atoms with E-state index in [2.05, 4.69) is 17.2 Å². The topological polar surface area (TPSA) is 99.5 Å². The third-order valence-electron chi connectivity index (χ3n) is 3.83. The quantitative estimate of drug-likeness (QED) is 0.883. The molecule has 0 aromatic carbocycles. The number of nitrogens with one attached hydrogen (secondary N) is 1. The molecule has 1 aliphatic rings. The van der Waals surface area contributed by atoms with Crippen molar-refractivity contribution in [1.82, 2.24) is 4.98 Å². The molecule has 1 aromatic rings. The lowest BCUT2D eigenvalue weighted by molar-refractivity contribution is -0.121. The number of hydrogen-bond donors (Lipinski definition) is 2. The number of pyridine rings is 1. The van der Waals surface area contributed by atoms with Crippen molar-refractivity contribution in [3.05, 3.63) is 24.5 Å². The lowest BCUT2D eigenvalue weighted by atomic mass is 9.79. The van der Waals surface area contributed by atoms with Crippen LogP contribution in [0.4, 0.5) is 5.69 Å². The van der Waals surface area contributed by atoms with Crippen LogP contribution in [0.1, 0.15) is 32.6 Å². The molecule has 1 saturated carbocycles. The van der Waals surface area contributed by atoms with E-state index in [1.54, 1.807) is 12.4 Å². The first-order valence-electron chi connectivity index (χ1n) is 6.63. The summed E-state index contributed by atoms with van der Waals surface area (Å²) in [7, 11) is 0. The summed E-state index contributed by atoms with van der Waals surface area (Å²) in [6.45, 7) is 2.06. The molecule has 0 saturated heterocycles. The predicted octanol–water partition coefficient (Wildman–Crippen LogP) is 2.19. The highest BCUT2D eigenvalue weighted by Crippen LogP contribution is 2.30. The second-order valence-corrected chi connectivity index (χ2v) is 5.20. The Morgan fingerprint density at radius 1 is 1.24 bits per heavy atom. The van der Waals surface area contributed by atoms with Gasteiger partial charge in [-0.1, -0.05) is 0 Å². The number of nitrogens with two attached hydrogens (primary N) is 1. The van der Waals surface area contributed by atoms with Gasteiger partial charge in [0.2, 0.25) is 5.91 Å². The summed E-state index contributed by atoms with van der Waals surface area (Å²) in [5, 5.41) is 2.95. The molecule has 1 unspecified atom stereocenters. The van der Waals surface area contributed by atoms with E-state index >= 15 is 0 Å². The van der Waals surface area contributed by atoms with Crippen LogP contribution in [0.5, 0.6) is 0 Å². The average Bonchev–Trinajstić information content (AvgIpc) is 2.40. The molecule has 1 aromatic heterocycles. The molecule has 122 valence electrons. The lowest BCUT2D eigenvalue weighted by Gasteiger charge is -2.29. The minimum atomic E-state index is 0. The summed E-state index contributed by atoms with van der Waals surface area (Å²) in [6.07, 6.45) is 7.38. The van der Waals surface area contributed by atoms with Gasteiger partial charge in [-0.15, -0.1) is 24.8 Å². The maximum atomic E-state index is 12.1. The van der Waals surface area contributed by atoms with Crippen molar-refractivity contribution < 1.29 is 10.3 Å². The summed E-state index contributed by atoms with van der Waals surface area (Å²) in [4.78, 5) is 16.0. The summed E-state index contributed by atoms with van der Waals surface area (Å²) >= 11 is 0. The van der Waals surface area contributed by atoms with Gasteiger partial charge in [-0.2, -0.15) is 0 Å². The van der Waals surface area contributed by atoms with Crippen LogP contribution in [-0.4, -0.2) is 22.4 Å². The van der Waals surface area contributed by atoms with E-state index in [1.165, 1.54) is 0 Å². The summed E-state index contributed by atoms with van der Waals surface area (Å²) in [6, 6.07) is 3.87. The molecule has 1 fully saturated rings. The zero-order valence-electron chi connectivity index (χ0n) is 12.1. The first-order chi connectivity index (χ1) is 8.66. The van der Waals surface area contributed by atoms with Gasteiger partial charge in [0.05, 0.1) is 0 Å². The molecule has 7 heteroatoms. The van der Waals surface area contributed by atoms with Crippen molar-refractivity contribution in [1.29, 1.82) is 0 Å². The standard InChI is InChI=1S/C14H21N3O.2ClH.H2O/c1-10(15)11-2-4-12(5-3-11)14(18)17-13-6-8-16-9-7-13;;;/h6-12H,2-5,15H2,1H3,(H,16,17,18);2*1H;1H2. The zero-order valence-corrected chi connectivity index (χ0v) is 13.8. The number of carbonyl (C=O) groups excluding carboxylic acids is 1. The third-order valence-corrected chi connectivity index (χ3v) is 3.83. The fourth-order valence-electron chi connectivity index (χ4n) is 2.59.